The van der Waals surface area contributed by atoms with Gasteiger partial charge in [-0.3, -0.25) is 19.7 Å². The molecule has 3 aromatic heterocycles. The van der Waals surface area contributed by atoms with Gasteiger partial charge in [-0.05, 0) is 45.1 Å². The highest BCUT2D eigenvalue weighted by Gasteiger charge is 2.23. The van der Waals surface area contributed by atoms with E-state index in [1.54, 1.807) is 32.2 Å². The monoisotopic (exact) mass is 391 g/mol. The molecule has 0 aliphatic heterocycles. The van der Waals surface area contributed by atoms with Gasteiger partial charge in [-0.2, -0.15) is 5.10 Å². The molecular weight excluding hydrogens is 374 g/mol. The number of carbonyl (C=O) groups is 1. The number of carbonyl (C=O) groups excluding carboxylic acids is 1. The van der Waals surface area contributed by atoms with Gasteiger partial charge in [-0.1, -0.05) is 11.6 Å². The predicted octanol–water partition coefficient (Wildman–Crippen LogP) is 2.72. The largest absolute Gasteiger partial charge is 0.292 e. The highest BCUT2D eigenvalue weighted by molar-refractivity contribution is 7.18. The average Bonchev–Trinajstić information content (AvgIpc) is 3.10. The number of rotatable bonds is 2. The first-order chi connectivity index (χ1) is 12.4. The van der Waals surface area contributed by atoms with Gasteiger partial charge in [0.25, 0.3) is 11.5 Å². The third-order valence-electron chi connectivity index (χ3n) is 4.85. The van der Waals surface area contributed by atoms with Gasteiger partial charge in [-0.25, -0.2) is 9.66 Å². The summed E-state index contributed by atoms with van der Waals surface area (Å²) in [6.07, 6.45) is 4.08. The first-order valence-electron chi connectivity index (χ1n) is 8.43. The maximum absolute atomic E-state index is 13.1. The minimum atomic E-state index is -0.533. The molecule has 26 heavy (non-hydrogen) atoms. The zero-order chi connectivity index (χ0) is 18.6. The maximum atomic E-state index is 13.1. The Hall–Kier alpha value is -2.19. The molecule has 0 saturated heterocycles. The summed E-state index contributed by atoms with van der Waals surface area (Å²) < 4.78 is 2.73. The van der Waals surface area contributed by atoms with Crippen molar-refractivity contribution in [1.82, 2.24) is 19.4 Å². The molecule has 0 saturated carbocycles. The number of fused-ring (bicyclic) bond motifs is 3. The van der Waals surface area contributed by atoms with Gasteiger partial charge >= 0.3 is 0 Å². The van der Waals surface area contributed by atoms with Crippen LogP contribution in [0.3, 0.4) is 0 Å². The second-order valence-electron chi connectivity index (χ2n) is 6.50. The molecular formula is C17H18ClN5O2S. The molecule has 136 valence electrons. The molecule has 3 heterocycles. The lowest BCUT2D eigenvalue weighted by Gasteiger charge is -2.12. The van der Waals surface area contributed by atoms with Crippen molar-refractivity contribution in [2.24, 2.45) is 7.05 Å². The molecule has 7 nitrogen and oxygen atoms in total. The van der Waals surface area contributed by atoms with E-state index in [0.717, 1.165) is 36.1 Å². The summed E-state index contributed by atoms with van der Waals surface area (Å²) in [5.74, 6) is -0.104. The van der Waals surface area contributed by atoms with E-state index in [1.165, 1.54) is 14.2 Å². The molecule has 1 amide bonds. The number of nitrogens with one attached hydrogen (secondary N) is 1. The fourth-order valence-corrected chi connectivity index (χ4v) is 4.86. The molecule has 1 aliphatic carbocycles. The first-order valence-corrected chi connectivity index (χ1v) is 9.62. The highest BCUT2D eigenvalue weighted by atomic mass is 35.5. The molecule has 0 aromatic carbocycles. The number of aryl methyl sites for hydroxylation is 4. The summed E-state index contributed by atoms with van der Waals surface area (Å²) >= 11 is 7.77. The number of halogens is 1. The fraction of sp³-hybridized carbons (Fsp3) is 0.412. The van der Waals surface area contributed by atoms with Crippen molar-refractivity contribution in [3.05, 3.63) is 43.0 Å². The lowest BCUT2D eigenvalue weighted by molar-refractivity contribution is 0.100. The quantitative estimate of drug-likeness (QED) is 0.728. The molecule has 0 bridgehead atoms. The van der Waals surface area contributed by atoms with Crippen molar-refractivity contribution in [2.75, 3.05) is 5.43 Å². The zero-order valence-corrected chi connectivity index (χ0v) is 16.3. The second kappa shape index (κ2) is 6.21. The molecule has 0 unspecified atom stereocenters. The maximum Gasteiger partial charge on any atom is 0.292 e. The van der Waals surface area contributed by atoms with Gasteiger partial charge < -0.3 is 0 Å². The van der Waals surface area contributed by atoms with E-state index < -0.39 is 5.91 Å². The van der Waals surface area contributed by atoms with Crippen molar-refractivity contribution in [3.8, 4) is 0 Å². The number of aromatic nitrogens is 4. The summed E-state index contributed by atoms with van der Waals surface area (Å²) in [6.45, 7) is 3.47. The van der Waals surface area contributed by atoms with E-state index in [-0.39, 0.29) is 16.3 Å². The van der Waals surface area contributed by atoms with Crippen LogP contribution in [0.5, 0.6) is 0 Å². The van der Waals surface area contributed by atoms with Crippen molar-refractivity contribution >= 4 is 39.1 Å². The third-order valence-corrected chi connectivity index (χ3v) is 6.48. The molecule has 1 aliphatic rings. The normalized spacial score (nSPS) is 13.8. The van der Waals surface area contributed by atoms with Gasteiger partial charge in [0.1, 0.15) is 10.7 Å². The van der Waals surface area contributed by atoms with E-state index in [9.17, 15) is 9.59 Å². The van der Waals surface area contributed by atoms with Gasteiger partial charge in [0.15, 0.2) is 5.69 Å². The number of amides is 1. The summed E-state index contributed by atoms with van der Waals surface area (Å²) in [5.41, 5.74) is 4.22. The highest BCUT2D eigenvalue weighted by Crippen LogP contribution is 2.33. The van der Waals surface area contributed by atoms with Crippen LogP contribution < -0.4 is 11.0 Å². The molecule has 1 N–H and O–H groups in total. The summed E-state index contributed by atoms with van der Waals surface area (Å²) in [4.78, 5) is 32.2. The number of hydrogen-bond acceptors (Lipinski definition) is 5. The molecule has 4 rings (SSSR count). The van der Waals surface area contributed by atoms with Crippen LogP contribution >= 0.6 is 22.9 Å². The third kappa shape index (κ3) is 2.55. The SMILES string of the molecule is Cc1c(Cl)c(C(=O)Nn2c(C)nc3sc4c(c3c2=O)CCCC4)nn1C. The Morgan fingerprint density at radius 3 is 2.69 bits per heavy atom. The lowest BCUT2D eigenvalue weighted by atomic mass is 9.97. The molecule has 9 heteroatoms. The van der Waals surface area contributed by atoms with Crippen LogP contribution in [-0.2, 0) is 19.9 Å². The van der Waals surface area contributed by atoms with Gasteiger partial charge in [0.05, 0.1) is 16.1 Å². The zero-order valence-electron chi connectivity index (χ0n) is 14.7. The fourth-order valence-electron chi connectivity index (χ4n) is 3.32. The van der Waals surface area contributed by atoms with Crippen LogP contribution in [0, 0.1) is 13.8 Å². The minimum absolute atomic E-state index is 0.0883. The van der Waals surface area contributed by atoms with Crippen molar-refractivity contribution < 1.29 is 4.79 Å². The van der Waals surface area contributed by atoms with Crippen LogP contribution in [0.2, 0.25) is 5.02 Å². The van der Waals surface area contributed by atoms with Crippen LogP contribution in [-0.4, -0.2) is 25.3 Å². The lowest BCUT2D eigenvalue weighted by Crippen LogP contribution is -2.36. The van der Waals surface area contributed by atoms with E-state index in [2.05, 4.69) is 15.5 Å². The smallest absolute Gasteiger partial charge is 0.271 e. The predicted molar refractivity (Wildman–Crippen MR) is 102 cm³/mol. The van der Waals surface area contributed by atoms with E-state index in [4.69, 9.17) is 11.6 Å². The Morgan fingerprint density at radius 2 is 2.00 bits per heavy atom. The molecule has 0 spiro atoms. The molecule has 0 fully saturated rings. The Balaban J connectivity index is 1.80. The van der Waals surface area contributed by atoms with Crippen molar-refractivity contribution in [2.45, 2.75) is 39.5 Å². The second-order valence-corrected chi connectivity index (χ2v) is 7.96. The van der Waals surface area contributed by atoms with Crippen molar-refractivity contribution in [3.63, 3.8) is 0 Å². The Morgan fingerprint density at radius 1 is 1.27 bits per heavy atom. The van der Waals surface area contributed by atoms with Crippen LogP contribution in [0.1, 0.15) is 45.3 Å². The van der Waals surface area contributed by atoms with Crippen LogP contribution in [0.15, 0.2) is 4.79 Å². The Labute approximate surface area is 158 Å². The van der Waals surface area contributed by atoms with E-state index >= 15 is 0 Å². The number of nitrogens with zero attached hydrogens (tertiary/aromatic N) is 4. The number of thiophene rings is 1. The molecule has 0 atom stereocenters. The summed E-state index contributed by atoms with van der Waals surface area (Å²) in [6, 6.07) is 0. The van der Waals surface area contributed by atoms with E-state index in [1.807, 2.05) is 0 Å². The van der Waals surface area contributed by atoms with Gasteiger partial charge in [-0.15, -0.1) is 11.3 Å². The summed E-state index contributed by atoms with van der Waals surface area (Å²) in [7, 11) is 1.71. The van der Waals surface area contributed by atoms with Gasteiger partial charge in [0, 0.05) is 11.9 Å². The number of hydrogen-bond donors (Lipinski definition) is 1. The molecule has 3 aromatic rings. The van der Waals surface area contributed by atoms with Gasteiger partial charge in [0.2, 0.25) is 0 Å². The minimum Gasteiger partial charge on any atom is -0.271 e. The molecule has 0 radical (unpaired) electrons. The summed E-state index contributed by atoms with van der Waals surface area (Å²) in [5, 5.41) is 5.03. The van der Waals surface area contributed by atoms with E-state index in [0.29, 0.717) is 16.9 Å². The van der Waals surface area contributed by atoms with Crippen LogP contribution in [0.25, 0.3) is 10.2 Å². The van der Waals surface area contributed by atoms with Crippen LogP contribution in [0.4, 0.5) is 0 Å². The topological polar surface area (TPSA) is 81.8 Å². The Bertz CT molecular complexity index is 1110. The average molecular weight is 392 g/mol. The van der Waals surface area contributed by atoms with Crippen molar-refractivity contribution in [1.29, 1.82) is 0 Å². The Kier molecular flexibility index (Phi) is 4.11. The standard InChI is InChI=1S/C17H18ClN5O2S/c1-8-13(18)14(20-22(8)3)15(24)21-23-9(2)19-16-12(17(23)25)10-6-4-5-7-11(10)26-16/h4-7H2,1-3H3,(H,21,24). The first kappa shape index (κ1) is 17.2.